The molecule has 1 saturated heterocycles. The molecule has 10 heteroatoms. The predicted octanol–water partition coefficient (Wildman–Crippen LogP) is 3.73. The summed E-state index contributed by atoms with van der Waals surface area (Å²) in [6, 6.07) is 10.4. The summed E-state index contributed by atoms with van der Waals surface area (Å²) >= 11 is 2.93. The third-order valence-corrected chi connectivity index (χ3v) is 8.71. The van der Waals surface area contributed by atoms with Crippen molar-refractivity contribution in [2.75, 3.05) is 25.1 Å². The van der Waals surface area contributed by atoms with Crippen LogP contribution in [0.2, 0.25) is 0 Å². The zero-order valence-electron chi connectivity index (χ0n) is 17.0. The molecule has 1 aliphatic rings. The van der Waals surface area contributed by atoms with Gasteiger partial charge in [0.1, 0.15) is 5.82 Å². The molecule has 0 atom stereocenters. The lowest BCUT2D eigenvalue weighted by Gasteiger charge is -2.15. The Bertz CT molecular complexity index is 1270. The second kappa shape index (κ2) is 9.23. The molecule has 164 valence electrons. The van der Waals surface area contributed by atoms with E-state index in [9.17, 15) is 17.6 Å². The standard InChI is InChI=1S/C21H22FN3O3S3/c1-29-13-12-25-18-9-6-16(22)14-19(18)30-21(25)23-20(26)15-4-7-17(8-5-15)31(27,28)24-10-2-3-11-24/h4-9,14H,2-3,10-13H2,1H3. The average Bonchev–Trinajstić information content (AvgIpc) is 3.41. The number of aryl methyl sites for hydroxylation is 1. The minimum Gasteiger partial charge on any atom is -0.316 e. The van der Waals surface area contributed by atoms with Gasteiger partial charge in [-0.15, -0.1) is 0 Å². The number of amides is 1. The van der Waals surface area contributed by atoms with Crippen molar-refractivity contribution in [2.24, 2.45) is 4.99 Å². The fourth-order valence-corrected chi connectivity index (χ4v) is 6.49. The lowest BCUT2D eigenvalue weighted by Crippen LogP contribution is -2.27. The third kappa shape index (κ3) is 4.62. The summed E-state index contributed by atoms with van der Waals surface area (Å²) in [6.07, 6.45) is 3.73. The molecule has 2 aromatic carbocycles. The second-order valence-electron chi connectivity index (χ2n) is 7.19. The zero-order valence-corrected chi connectivity index (χ0v) is 19.4. The van der Waals surface area contributed by atoms with E-state index in [1.165, 1.54) is 52.0 Å². The molecule has 0 aliphatic carbocycles. The summed E-state index contributed by atoms with van der Waals surface area (Å²) in [5, 5.41) is 0. The number of carbonyl (C=O) groups is 1. The highest BCUT2D eigenvalue weighted by Gasteiger charge is 2.27. The van der Waals surface area contributed by atoms with Crippen LogP contribution in [0.15, 0.2) is 52.4 Å². The largest absolute Gasteiger partial charge is 0.316 e. The Morgan fingerprint density at radius 1 is 1.16 bits per heavy atom. The molecule has 0 radical (unpaired) electrons. The Morgan fingerprint density at radius 2 is 1.87 bits per heavy atom. The predicted molar refractivity (Wildman–Crippen MR) is 122 cm³/mol. The lowest BCUT2D eigenvalue weighted by atomic mass is 10.2. The van der Waals surface area contributed by atoms with E-state index >= 15 is 0 Å². The number of thioether (sulfide) groups is 1. The molecule has 0 bridgehead atoms. The van der Waals surface area contributed by atoms with Crippen LogP contribution >= 0.6 is 23.1 Å². The van der Waals surface area contributed by atoms with Crippen LogP contribution in [0.5, 0.6) is 0 Å². The highest BCUT2D eigenvalue weighted by atomic mass is 32.2. The Morgan fingerprint density at radius 3 is 2.55 bits per heavy atom. The van der Waals surface area contributed by atoms with E-state index in [0.717, 1.165) is 28.8 Å². The van der Waals surface area contributed by atoms with E-state index < -0.39 is 15.9 Å². The summed E-state index contributed by atoms with van der Waals surface area (Å²) < 4.78 is 43.1. The number of nitrogens with zero attached hydrogens (tertiary/aromatic N) is 3. The highest BCUT2D eigenvalue weighted by Crippen LogP contribution is 2.22. The van der Waals surface area contributed by atoms with Gasteiger partial charge in [-0.1, -0.05) is 11.3 Å². The number of aromatic nitrogens is 1. The molecule has 1 aromatic heterocycles. The van der Waals surface area contributed by atoms with E-state index in [1.807, 2.05) is 10.8 Å². The first kappa shape index (κ1) is 22.2. The van der Waals surface area contributed by atoms with Crippen LogP contribution in [0, 0.1) is 5.82 Å². The van der Waals surface area contributed by atoms with Gasteiger partial charge in [0.15, 0.2) is 4.80 Å². The maximum absolute atomic E-state index is 13.6. The van der Waals surface area contributed by atoms with Crippen LogP contribution in [0.4, 0.5) is 4.39 Å². The number of halogens is 1. The Labute approximate surface area is 188 Å². The molecule has 1 amide bonds. The summed E-state index contributed by atoms with van der Waals surface area (Å²) in [7, 11) is -3.53. The van der Waals surface area contributed by atoms with Gasteiger partial charge in [0.25, 0.3) is 5.91 Å². The number of rotatable bonds is 6. The Balaban J connectivity index is 1.66. The molecular weight excluding hydrogens is 457 g/mol. The highest BCUT2D eigenvalue weighted by molar-refractivity contribution is 7.98. The number of sulfonamides is 1. The fourth-order valence-electron chi connectivity index (χ4n) is 3.53. The lowest BCUT2D eigenvalue weighted by molar-refractivity contribution is 0.0997. The molecule has 0 N–H and O–H groups in total. The van der Waals surface area contributed by atoms with Gasteiger partial charge >= 0.3 is 0 Å². The number of carbonyl (C=O) groups excluding carboxylic acids is 1. The van der Waals surface area contributed by atoms with E-state index in [-0.39, 0.29) is 10.7 Å². The fraction of sp³-hybridized carbons (Fsp3) is 0.333. The minimum atomic E-state index is -3.53. The molecule has 2 heterocycles. The van der Waals surface area contributed by atoms with Crippen LogP contribution < -0.4 is 4.80 Å². The molecule has 31 heavy (non-hydrogen) atoms. The monoisotopic (exact) mass is 479 g/mol. The van der Waals surface area contributed by atoms with Crippen molar-refractivity contribution in [2.45, 2.75) is 24.3 Å². The van der Waals surface area contributed by atoms with Crippen molar-refractivity contribution in [3.63, 3.8) is 0 Å². The summed E-state index contributed by atoms with van der Waals surface area (Å²) in [6.45, 7) is 1.70. The van der Waals surface area contributed by atoms with Crippen molar-refractivity contribution >= 4 is 49.2 Å². The Hall–Kier alpha value is -2.01. The smallest absolute Gasteiger partial charge is 0.279 e. The number of benzene rings is 2. The van der Waals surface area contributed by atoms with Gasteiger partial charge < -0.3 is 4.57 Å². The van der Waals surface area contributed by atoms with Crippen molar-refractivity contribution < 1.29 is 17.6 Å². The molecule has 1 fully saturated rings. The van der Waals surface area contributed by atoms with Crippen molar-refractivity contribution in [3.05, 3.63) is 58.6 Å². The van der Waals surface area contributed by atoms with Gasteiger partial charge in [-0.25, -0.2) is 12.8 Å². The number of hydrogen-bond acceptors (Lipinski definition) is 5. The number of thiazole rings is 1. The van der Waals surface area contributed by atoms with E-state index in [4.69, 9.17) is 0 Å². The number of hydrogen-bond donors (Lipinski definition) is 0. The molecule has 4 rings (SSSR count). The van der Waals surface area contributed by atoms with E-state index in [2.05, 4.69) is 4.99 Å². The maximum Gasteiger partial charge on any atom is 0.279 e. The normalized spacial score (nSPS) is 15.7. The van der Waals surface area contributed by atoms with Crippen molar-refractivity contribution in [1.82, 2.24) is 8.87 Å². The van der Waals surface area contributed by atoms with E-state index in [0.29, 0.717) is 30.0 Å². The minimum absolute atomic E-state index is 0.179. The third-order valence-electron chi connectivity index (χ3n) is 5.17. The van der Waals surface area contributed by atoms with E-state index in [1.54, 1.807) is 17.8 Å². The first-order valence-corrected chi connectivity index (χ1v) is 13.5. The zero-order chi connectivity index (χ0) is 22.0. The number of fused-ring (bicyclic) bond motifs is 1. The van der Waals surface area contributed by atoms with Gasteiger partial charge in [0.05, 0.1) is 15.1 Å². The Kier molecular flexibility index (Phi) is 6.61. The molecule has 6 nitrogen and oxygen atoms in total. The van der Waals surface area contributed by atoms with Crippen LogP contribution in [0.25, 0.3) is 10.2 Å². The van der Waals surface area contributed by atoms with Crippen LogP contribution in [-0.4, -0.2) is 48.3 Å². The average molecular weight is 480 g/mol. The molecular formula is C21H22FN3O3S3. The topological polar surface area (TPSA) is 71.7 Å². The van der Waals surface area contributed by atoms with Crippen LogP contribution in [0.3, 0.4) is 0 Å². The van der Waals surface area contributed by atoms with Crippen LogP contribution in [-0.2, 0) is 16.6 Å². The molecule has 3 aromatic rings. The van der Waals surface area contributed by atoms with Gasteiger partial charge in [0, 0.05) is 31.0 Å². The second-order valence-corrected chi connectivity index (χ2v) is 11.1. The van der Waals surface area contributed by atoms with Gasteiger partial charge in [-0.05, 0) is 61.6 Å². The van der Waals surface area contributed by atoms with Gasteiger partial charge in [-0.2, -0.15) is 21.1 Å². The van der Waals surface area contributed by atoms with Crippen LogP contribution in [0.1, 0.15) is 23.2 Å². The van der Waals surface area contributed by atoms with Crippen molar-refractivity contribution in [1.29, 1.82) is 0 Å². The first-order valence-electron chi connectivity index (χ1n) is 9.87. The molecule has 1 aliphatic heterocycles. The quantitative estimate of drug-likeness (QED) is 0.540. The van der Waals surface area contributed by atoms with Gasteiger partial charge in [0.2, 0.25) is 10.0 Å². The first-order chi connectivity index (χ1) is 14.9. The van der Waals surface area contributed by atoms with Gasteiger partial charge in [-0.3, -0.25) is 4.79 Å². The maximum atomic E-state index is 13.6. The SMILES string of the molecule is CSCCn1c(=NC(=O)c2ccc(S(=O)(=O)N3CCCC3)cc2)sc2cc(F)ccc21. The summed E-state index contributed by atoms with van der Waals surface area (Å²) in [5.74, 6) is 0.0293. The summed E-state index contributed by atoms with van der Waals surface area (Å²) in [4.78, 5) is 17.7. The molecule has 0 spiro atoms. The molecule has 0 saturated carbocycles. The molecule has 0 unspecified atom stereocenters. The summed E-state index contributed by atoms with van der Waals surface area (Å²) in [5.41, 5.74) is 1.14. The van der Waals surface area contributed by atoms with Crippen molar-refractivity contribution in [3.8, 4) is 0 Å².